The molecule has 28 heavy (non-hydrogen) atoms. The van der Waals surface area contributed by atoms with Gasteiger partial charge in [0.2, 0.25) is 0 Å². The van der Waals surface area contributed by atoms with E-state index in [4.69, 9.17) is 25.5 Å². The number of ether oxygens (including phenoxy) is 2. The van der Waals surface area contributed by atoms with Crippen LogP contribution < -0.4 is 15.4 Å². The van der Waals surface area contributed by atoms with Gasteiger partial charge >= 0.3 is 5.97 Å². The standard InChI is InChI=1S/C19H21ClN2O6/c1-11(2)17(22-18(24)15-5-4-8-27-15)19(25)28-10-16(23)21-12-6-7-14(26-3)13(20)9-12/h4-9,11,17H,10H2,1-3H3,(H,21,23)(H,22,24)/t17-/m0/s1. The van der Waals surface area contributed by atoms with Crippen LogP contribution in [0.2, 0.25) is 5.02 Å². The highest BCUT2D eigenvalue weighted by molar-refractivity contribution is 6.32. The van der Waals surface area contributed by atoms with E-state index in [1.807, 2.05) is 0 Å². The number of furan rings is 1. The van der Waals surface area contributed by atoms with Crippen molar-refractivity contribution in [1.29, 1.82) is 0 Å². The van der Waals surface area contributed by atoms with Gasteiger partial charge in [0.1, 0.15) is 11.8 Å². The number of rotatable bonds is 8. The molecule has 2 aromatic rings. The van der Waals surface area contributed by atoms with E-state index in [-0.39, 0.29) is 11.7 Å². The van der Waals surface area contributed by atoms with Gasteiger partial charge in [-0.1, -0.05) is 25.4 Å². The van der Waals surface area contributed by atoms with E-state index < -0.39 is 30.4 Å². The van der Waals surface area contributed by atoms with Crippen LogP contribution in [0.5, 0.6) is 5.75 Å². The van der Waals surface area contributed by atoms with Crippen molar-refractivity contribution in [3.63, 3.8) is 0 Å². The summed E-state index contributed by atoms with van der Waals surface area (Å²) in [6, 6.07) is 6.83. The van der Waals surface area contributed by atoms with Crippen molar-refractivity contribution in [2.24, 2.45) is 5.92 Å². The lowest BCUT2D eigenvalue weighted by Gasteiger charge is -2.20. The van der Waals surface area contributed by atoms with Gasteiger partial charge in [-0.05, 0) is 36.2 Å². The monoisotopic (exact) mass is 408 g/mol. The molecule has 0 saturated heterocycles. The number of anilines is 1. The Morgan fingerprint density at radius 2 is 1.96 bits per heavy atom. The smallest absolute Gasteiger partial charge is 0.329 e. The van der Waals surface area contributed by atoms with E-state index in [0.29, 0.717) is 16.5 Å². The number of carbonyl (C=O) groups excluding carboxylic acids is 3. The number of hydrogen-bond acceptors (Lipinski definition) is 6. The Kier molecular flexibility index (Phi) is 7.45. The Balaban J connectivity index is 1.90. The summed E-state index contributed by atoms with van der Waals surface area (Å²) in [5.74, 6) is -1.52. The summed E-state index contributed by atoms with van der Waals surface area (Å²) in [6.45, 7) is 2.98. The van der Waals surface area contributed by atoms with E-state index in [0.717, 1.165) is 0 Å². The summed E-state index contributed by atoms with van der Waals surface area (Å²) in [7, 11) is 1.48. The molecule has 8 nitrogen and oxygen atoms in total. The molecule has 1 aromatic heterocycles. The van der Waals surface area contributed by atoms with Gasteiger partial charge in [0.05, 0.1) is 18.4 Å². The fourth-order valence-electron chi connectivity index (χ4n) is 2.29. The normalized spacial score (nSPS) is 11.6. The average Bonchev–Trinajstić information content (AvgIpc) is 3.19. The average molecular weight is 409 g/mol. The van der Waals surface area contributed by atoms with Gasteiger partial charge in [-0.2, -0.15) is 0 Å². The molecule has 1 atom stereocenters. The molecule has 0 radical (unpaired) electrons. The maximum atomic E-state index is 12.3. The molecule has 1 aromatic carbocycles. The van der Waals surface area contributed by atoms with Crippen LogP contribution in [0.3, 0.4) is 0 Å². The van der Waals surface area contributed by atoms with E-state index in [9.17, 15) is 14.4 Å². The molecular formula is C19H21ClN2O6. The Morgan fingerprint density at radius 3 is 2.54 bits per heavy atom. The van der Waals surface area contributed by atoms with Crippen LogP contribution in [0.4, 0.5) is 5.69 Å². The van der Waals surface area contributed by atoms with Gasteiger partial charge in [-0.25, -0.2) is 4.79 Å². The van der Waals surface area contributed by atoms with E-state index in [1.165, 1.54) is 25.5 Å². The second-order valence-corrected chi connectivity index (χ2v) is 6.58. The largest absolute Gasteiger partial charge is 0.495 e. The summed E-state index contributed by atoms with van der Waals surface area (Å²) < 4.78 is 15.1. The first kappa shape index (κ1) is 21.3. The van der Waals surface area contributed by atoms with Crippen molar-refractivity contribution in [1.82, 2.24) is 5.32 Å². The van der Waals surface area contributed by atoms with Gasteiger partial charge in [-0.3, -0.25) is 9.59 Å². The molecule has 0 aliphatic rings. The summed E-state index contributed by atoms with van der Waals surface area (Å²) in [4.78, 5) is 36.4. The number of nitrogens with one attached hydrogen (secondary N) is 2. The molecule has 0 aliphatic heterocycles. The zero-order valence-corrected chi connectivity index (χ0v) is 16.4. The van der Waals surface area contributed by atoms with Crippen LogP contribution in [-0.4, -0.2) is 37.5 Å². The molecule has 0 spiro atoms. The molecule has 0 bridgehead atoms. The first-order chi connectivity index (χ1) is 13.3. The van der Waals surface area contributed by atoms with Gasteiger partial charge in [0, 0.05) is 5.69 Å². The molecule has 150 valence electrons. The predicted molar refractivity (Wildman–Crippen MR) is 102 cm³/mol. The Bertz CT molecular complexity index is 835. The number of methoxy groups -OCH3 is 1. The van der Waals surface area contributed by atoms with Crippen molar-refractivity contribution in [3.8, 4) is 5.75 Å². The highest BCUT2D eigenvalue weighted by atomic mass is 35.5. The molecule has 0 aliphatic carbocycles. The van der Waals surface area contributed by atoms with Gasteiger partial charge in [-0.15, -0.1) is 0 Å². The van der Waals surface area contributed by atoms with E-state index in [2.05, 4.69) is 10.6 Å². The third-order valence-corrected chi connectivity index (χ3v) is 4.03. The quantitative estimate of drug-likeness (QED) is 0.650. The number of carbonyl (C=O) groups is 3. The van der Waals surface area contributed by atoms with Crippen LogP contribution in [0, 0.1) is 5.92 Å². The lowest BCUT2D eigenvalue weighted by atomic mass is 10.0. The van der Waals surface area contributed by atoms with Crippen molar-refractivity contribution in [3.05, 3.63) is 47.4 Å². The number of halogens is 1. The number of esters is 1. The summed E-state index contributed by atoms with van der Waals surface area (Å²) in [5, 5.41) is 5.44. The fraction of sp³-hybridized carbons (Fsp3) is 0.316. The zero-order valence-electron chi connectivity index (χ0n) is 15.7. The van der Waals surface area contributed by atoms with Crippen LogP contribution in [0.1, 0.15) is 24.4 Å². The van der Waals surface area contributed by atoms with Crippen LogP contribution in [0.25, 0.3) is 0 Å². The minimum atomic E-state index is -0.930. The third-order valence-electron chi connectivity index (χ3n) is 3.73. The van der Waals surface area contributed by atoms with Crippen LogP contribution in [0.15, 0.2) is 41.0 Å². The Morgan fingerprint density at radius 1 is 1.21 bits per heavy atom. The molecule has 0 unspecified atom stereocenters. The molecule has 0 saturated carbocycles. The Labute approximate surface area is 167 Å². The molecule has 0 fully saturated rings. The van der Waals surface area contributed by atoms with Crippen molar-refractivity contribution >= 4 is 35.1 Å². The number of benzene rings is 1. The highest BCUT2D eigenvalue weighted by Gasteiger charge is 2.27. The third kappa shape index (κ3) is 5.75. The van der Waals surface area contributed by atoms with Crippen LogP contribution in [-0.2, 0) is 14.3 Å². The lowest BCUT2D eigenvalue weighted by Crippen LogP contribution is -2.45. The fourth-order valence-corrected chi connectivity index (χ4v) is 2.54. The van der Waals surface area contributed by atoms with Crippen LogP contribution >= 0.6 is 11.6 Å². The van der Waals surface area contributed by atoms with Crippen molar-refractivity contribution in [2.45, 2.75) is 19.9 Å². The molecule has 9 heteroatoms. The number of hydrogen-bond donors (Lipinski definition) is 2. The van der Waals surface area contributed by atoms with Gasteiger partial charge in [0.25, 0.3) is 11.8 Å². The van der Waals surface area contributed by atoms with E-state index >= 15 is 0 Å². The van der Waals surface area contributed by atoms with Crippen molar-refractivity contribution < 1.29 is 28.3 Å². The minimum Gasteiger partial charge on any atom is -0.495 e. The second-order valence-electron chi connectivity index (χ2n) is 6.18. The first-order valence-electron chi connectivity index (χ1n) is 8.46. The summed E-state index contributed by atoms with van der Waals surface area (Å²) in [5.41, 5.74) is 0.429. The van der Waals surface area contributed by atoms with E-state index in [1.54, 1.807) is 32.0 Å². The molecule has 2 rings (SSSR count). The maximum Gasteiger partial charge on any atom is 0.329 e. The highest BCUT2D eigenvalue weighted by Crippen LogP contribution is 2.27. The topological polar surface area (TPSA) is 107 Å². The lowest BCUT2D eigenvalue weighted by molar-refractivity contribution is -0.150. The maximum absolute atomic E-state index is 12.3. The van der Waals surface area contributed by atoms with Gasteiger partial charge in [0.15, 0.2) is 12.4 Å². The van der Waals surface area contributed by atoms with Crippen molar-refractivity contribution in [2.75, 3.05) is 19.0 Å². The number of amides is 2. The molecule has 2 N–H and O–H groups in total. The summed E-state index contributed by atoms with van der Waals surface area (Å²) >= 11 is 6.00. The molecular weight excluding hydrogens is 388 g/mol. The molecule has 1 heterocycles. The second kappa shape index (κ2) is 9.80. The first-order valence-corrected chi connectivity index (χ1v) is 8.84. The SMILES string of the molecule is COc1ccc(NC(=O)COC(=O)[C@@H](NC(=O)c2ccco2)C(C)C)cc1Cl. The zero-order chi connectivity index (χ0) is 20.7. The van der Waals surface area contributed by atoms with Gasteiger partial charge < -0.3 is 24.5 Å². The predicted octanol–water partition coefficient (Wildman–Crippen LogP) is 2.88. The Hall–Kier alpha value is -3.00. The summed E-state index contributed by atoms with van der Waals surface area (Å²) in [6.07, 6.45) is 1.35. The molecule has 2 amide bonds. The minimum absolute atomic E-state index is 0.0765.